The first-order chi connectivity index (χ1) is 17.9. The Hall–Kier alpha value is -4.40. The minimum absolute atomic E-state index is 0.156. The van der Waals surface area contributed by atoms with Crippen molar-refractivity contribution in [3.05, 3.63) is 71.3 Å². The molecule has 4 rings (SSSR count). The Kier molecular flexibility index (Phi) is 7.71. The van der Waals surface area contributed by atoms with Gasteiger partial charge in [0, 0.05) is 35.5 Å². The molecule has 194 valence electrons. The fourth-order valence-corrected chi connectivity index (χ4v) is 4.28. The number of ether oxygens (including phenoxy) is 5. The fourth-order valence-electron chi connectivity index (χ4n) is 4.28. The van der Waals surface area contributed by atoms with Gasteiger partial charge in [-0.15, -0.1) is 0 Å². The topological polar surface area (TPSA) is 95.6 Å². The first-order valence-corrected chi connectivity index (χ1v) is 11.7. The van der Waals surface area contributed by atoms with Crippen LogP contribution in [0.3, 0.4) is 0 Å². The lowest BCUT2D eigenvalue weighted by molar-refractivity contribution is -0.138. The second-order valence-electron chi connectivity index (χ2n) is 8.45. The van der Waals surface area contributed by atoms with Crippen LogP contribution in [0.25, 0.3) is 0 Å². The lowest BCUT2D eigenvalue weighted by atomic mass is 10.1. The van der Waals surface area contributed by atoms with Gasteiger partial charge in [0.1, 0.15) is 5.75 Å². The third kappa shape index (κ3) is 5.40. The molecule has 0 radical (unpaired) electrons. The minimum Gasteiger partial charge on any atom is -0.493 e. The Balaban J connectivity index is 1.58. The Morgan fingerprint density at radius 3 is 2.41 bits per heavy atom. The lowest BCUT2D eigenvalue weighted by Gasteiger charge is -2.24. The third-order valence-electron chi connectivity index (χ3n) is 6.13. The van der Waals surface area contributed by atoms with Gasteiger partial charge in [0.25, 0.3) is 11.8 Å². The van der Waals surface area contributed by atoms with Crippen molar-refractivity contribution in [1.29, 1.82) is 0 Å². The van der Waals surface area contributed by atoms with Crippen LogP contribution in [-0.2, 0) is 17.9 Å². The summed E-state index contributed by atoms with van der Waals surface area (Å²) in [5.74, 6) is 2.29. The molecule has 2 amide bonds. The second kappa shape index (κ2) is 11.1. The maximum atomic E-state index is 13.2. The average molecular weight is 507 g/mol. The molecule has 0 aromatic heterocycles. The number of carbonyl (C=O) groups is 2. The second-order valence-corrected chi connectivity index (χ2v) is 8.45. The SMILES string of the molecule is COc1ccc(C(=O)Nc2ccc3c(c2)CN(Cc2cccc(OC)c2OC)C(=O)[C@H](C)O3)cc1OC. The molecule has 0 aliphatic carbocycles. The molecule has 1 aliphatic heterocycles. The summed E-state index contributed by atoms with van der Waals surface area (Å²) in [6.45, 7) is 2.31. The molecule has 0 saturated heterocycles. The number of para-hydroxylation sites is 1. The highest BCUT2D eigenvalue weighted by Crippen LogP contribution is 2.34. The number of nitrogens with zero attached hydrogens (tertiary/aromatic N) is 1. The monoisotopic (exact) mass is 506 g/mol. The average Bonchev–Trinajstić information content (AvgIpc) is 3.03. The van der Waals surface area contributed by atoms with E-state index in [2.05, 4.69) is 5.32 Å². The van der Waals surface area contributed by atoms with Gasteiger partial charge in [-0.25, -0.2) is 0 Å². The van der Waals surface area contributed by atoms with Crippen LogP contribution in [0.2, 0.25) is 0 Å². The predicted molar refractivity (Wildman–Crippen MR) is 138 cm³/mol. The van der Waals surface area contributed by atoms with Gasteiger partial charge >= 0.3 is 0 Å². The summed E-state index contributed by atoms with van der Waals surface area (Å²) >= 11 is 0. The number of methoxy groups -OCH3 is 4. The van der Waals surface area contributed by atoms with Crippen LogP contribution >= 0.6 is 0 Å². The molecule has 1 atom stereocenters. The lowest BCUT2D eigenvalue weighted by Crippen LogP contribution is -2.37. The molecule has 0 fully saturated rings. The van der Waals surface area contributed by atoms with Crippen molar-refractivity contribution < 1.29 is 33.3 Å². The molecule has 1 aliphatic rings. The maximum Gasteiger partial charge on any atom is 0.263 e. The van der Waals surface area contributed by atoms with E-state index in [-0.39, 0.29) is 11.8 Å². The Morgan fingerprint density at radius 2 is 1.70 bits per heavy atom. The normalized spacial score (nSPS) is 14.7. The summed E-state index contributed by atoms with van der Waals surface area (Å²) in [6, 6.07) is 15.8. The van der Waals surface area contributed by atoms with Crippen molar-refractivity contribution in [3.63, 3.8) is 0 Å². The smallest absolute Gasteiger partial charge is 0.263 e. The van der Waals surface area contributed by atoms with Gasteiger partial charge in [0.05, 0.1) is 28.4 Å². The van der Waals surface area contributed by atoms with Gasteiger partial charge in [-0.05, 0) is 49.4 Å². The van der Waals surface area contributed by atoms with E-state index < -0.39 is 6.10 Å². The zero-order chi connectivity index (χ0) is 26.5. The molecule has 1 heterocycles. The van der Waals surface area contributed by atoms with Crippen LogP contribution in [0, 0.1) is 0 Å². The van der Waals surface area contributed by atoms with Crippen LogP contribution in [-0.4, -0.2) is 51.3 Å². The Bertz CT molecular complexity index is 1310. The predicted octanol–water partition coefficient (Wildman–Crippen LogP) is 4.28. The van der Waals surface area contributed by atoms with Gasteiger partial charge < -0.3 is 33.9 Å². The molecular weight excluding hydrogens is 476 g/mol. The molecule has 1 N–H and O–H groups in total. The number of anilines is 1. The number of nitrogens with one attached hydrogen (secondary N) is 1. The van der Waals surface area contributed by atoms with Gasteiger partial charge in [-0.2, -0.15) is 0 Å². The molecule has 9 heteroatoms. The van der Waals surface area contributed by atoms with E-state index in [0.717, 1.165) is 11.1 Å². The van der Waals surface area contributed by atoms with Gasteiger partial charge in [0.15, 0.2) is 29.1 Å². The van der Waals surface area contributed by atoms with E-state index >= 15 is 0 Å². The number of rotatable bonds is 8. The summed E-state index contributed by atoms with van der Waals surface area (Å²) in [7, 11) is 6.19. The zero-order valence-electron chi connectivity index (χ0n) is 21.5. The largest absolute Gasteiger partial charge is 0.493 e. The van der Waals surface area contributed by atoms with E-state index in [9.17, 15) is 9.59 Å². The summed E-state index contributed by atoms with van der Waals surface area (Å²) in [5, 5.41) is 2.91. The van der Waals surface area contributed by atoms with E-state index in [1.165, 1.54) is 14.2 Å². The molecule has 0 bridgehead atoms. The van der Waals surface area contributed by atoms with Crippen molar-refractivity contribution >= 4 is 17.5 Å². The Labute approximate surface area is 215 Å². The molecule has 9 nitrogen and oxygen atoms in total. The van der Waals surface area contributed by atoms with Crippen LogP contribution in [0.1, 0.15) is 28.4 Å². The van der Waals surface area contributed by atoms with Crippen LogP contribution in [0.5, 0.6) is 28.7 Å². The van der Waals surface area contributed by atoms with Crippen molar-refractivity contribution in [3.8, 4) is 28.7 Å². The maximum absolute atomic E-state index is 13.2. The summed E-state index contributed by atoms with van der Waals surface area (Å²) in [4.78, 5) is 27.8. The molecule has 3 aromatic rings. The quantitative estimate of drug-likeness (QED) is 0.487. The van der Waals surface area contributed by atoms with Crippen molar-refractivity contribution in [2.24, 2.45) is 0 Å². The van der Waals surface area contributed by atoms with E-state index in [1.54, 1.807) is 62.4 Å². The van der Waals surface area contributed by atoms with E-state index in [1.807, 2.05) is 18.2 Å². The standard InChI is InChI=1S/C28H30N2O7/c1-17-28(32)30(15-19-7-6-8-24(34-3)26(19)36-5)16-20-13-21(10-12-22(20)37-17)29-27(31)18-9-11-23(33-2)25(14-18)35-4/h6-14,17H,15-16H2,1-5H3,(H,29,31)/t17-/m0/s1. The molecule has 37 heavy (non-hydrogen) atoms. The number of hydrogen-bond donors (Lipinski definition) is 1. The highest BCUT2D eigenvalue weighted by molar-refractivity contribution is 6.04. The number of amides is 2. The van der Waals surface area contributed by atoms with Crippen molar-refractivity contribution in [2.45, 2.75) is 26.1 Å². The van der Waals surface area contributed by atoms with Gasteiger partial charge in [0.2, 0.25) is 0 Å². The zero-order valence-corrected chi connectivity index (χ0v) is 21.5. The summed E-state index contributed by atoms with van der Waals surface area (Å²) in [5.41, 5.74) is 2.57. The molecular formula is C28H30N2O7. The number of fused-ring (bicyclic) bond motifs is 1. The van der Waals surface area contributed by atoms with Crippen LogP contribution in [0.15, 0.2) is 54.6 Å². The first kappa shape index (κ1) is 25.7. The fraction of sp³-hybridized carbons (Fsp3) is 0.286. The highest BCUT2D eigenvalue weighted by atomic mass is 16.5. The van der Waals surface area contributed by atoms with Crippen molar-refractivity contribution in [2.75, 3.05) is 33.8 Å². The van der Waals surface area contributed by atoms with E-state index in [0.29, 0.717) is 53.1 Å². The molecule has 0 saturated carbocycles. The van der Waals surface area contributed by atoms with Gasteiger partial charge in [-0.3, -0.25) is 9.59 Å². The number of carbonyl (C=O) groups excluding carboxylic acids is 2. The Morgan fingerprint density at radius 1 is 0.946 bits per heavy atom. The highest BCUT2D eigenvalue weighted by Gasteiger charge is 2.29. The first-order valence-electron chi connectivity index (χ1n) is 11.7. The van der Waals surface area contributed by atoms with Gasteiger partial charge in [-0.1, -0.05) is 12.1 Å². The summed E-state index contributed by atoms with van der Waals surface area (Å²) < 4.78 is 27.4. The molecule has 0 unspecified atom stereocenters. The number of hydrogen-bond acceptors (Lipinski definition) is 7. The minimum atomic E-state index is -0.676. The van der Waals surface area contributed by atoms with E-state index in [4.69, 9.17) is 23.7 Å². The third-order valence-corrected chi connectivity index (χ3v) is 6.13. The van der Waals surface area contributed by atoms with Crippen LogP contribution < -0.4 is 29.0 Å². The molecule has 3 aromatic carbocycles. The number of benzene rings is 3. The molecule has 0 spiro atoms. The van der Waals surface area contributed by atoms with Crippen molar-refractivity contribution in [1.82, 2.24) is 4.90 Å². The van der Waals surface area contributed by atoms with Crippen LogP contribution in [0.4, 0.5) is 5.69 Å². The summed E-state index contributed by atoms with van der Waals surface area (Å²) in [6.07, 6.45) is -0.676.